The molecule has 0 saturated heterocycles. The van der Waals surface area contributed by atoms with E-state index in [2.05, 4.69) is 47.9 Å². The smallest absolute Gasteiger partial charge is 0.304 e. The van der Waals surface area contributed by atoms with E-state index in [1.807, 2.05) is 76.2 Å². The maximum absolute atomic E-state index is 13.7. The third-order valence-electron chi connectivity index (χ3n) is 8.37. The van der Waals surface area contributed by atoms with Gasteiger partial charge in [0, 0.05) is 0 Å². The van der Waals surface area contributed by atoms with Crippen molar-refractivity contribution in [3.05, 3.63) is 95.6 Å². The highest BCUT2D eigenvalue weighted by molar-refractivity contribution is 5.94. The Morgan fingerprint density at radius 2 is 1.59 bits per heavy atom. The molecule has 3 aromatic rings. The van der Waals surface area contributed by atoms with Gasteiger partial charge in [0.2, 0.25) is 11.8 Å². The number of carbonyl (C=O) groups is 3. The fraction of sp³-hybridized carbons (Fsp3) is 0.400. The maximum atomic E-state index is 13.7. The maximum Gasteiger partial charge on any atom is 0.304 e. The lowest BCUT2D eigenvalue weighted by Crippen LogP contribution is -2.55. The molecule has 4 atom stereocenters. The average molecular weight is 555 g/mol. The molecule has 1 saturated carbocycles. The average Bonchev–Trinajstić information content (AvgIpc) is 3.63. The molecule has 3 aromatic carbocycles. The van der Waals surface area contributed by atoms with E-state index in [1.54, 1.807) is 0 Å². The van der Waals surface area contributed by atoms with Crippen LogP contribution in [-0.4, -0.2) is 28.9 Å². The second-order valence-corrected chi connectivity index (χ2v) is 12.6. The van der Waals surface area contributed by atoms with Crippen molar-refractivity contribution < 1.29 is 19.5 Å². The highest BCUT2D eigenvalue weighted by atomic mass is 16.4. The number of nitrogens with one attached hydrogen (secondary N) is 2. The van der Waals surface area contributed by atoms with Gasteiger partial charge in [-0.25, -0.2) is 0 Å². The van der Waals surface area contributed by atoms with Gasteiger partial charge in [-0.2, -0.15) is 0 Å². The van der Waals surface area contributed by atoms with Gasteiger partial charge < -0.3 is 15.7 Å². The fourth-order valence-corrected chi connectivity index (χ4v) is 5.84. The summed E-state index contributed by atoms with van der Waals surface area (Å²) in [6, 6.07) is 25.3. The lowest BCUT2D eigenvalue weighted by atomic mass is 9.84. The predicted octanol–water partition coefficient (Wildman–Crippen LogP) is 6.48. The van der Waals surface area contributed by atoms with Crippen molar-refractivity contribution in [3.63, 3.8) is 0 Å². The van der Waals surface area contributed by atoms with Gasteiger partial charge in [-0.15, -0.1) is 0 Å². The van der Waals surface area contributed by atoms with Gasteiger partial charge in [0.1, 0.15) is 6.04 Å². The molecular formula is C35H42N2O4. The number of hydrogen-bond donors (Lipinski definition) is 3. The quantitative estimate of drug-likeness (QED) is 0.253. The van der Waals surface area contributed by atoms with Gasteiger partial charge in [-0.1, -0.05) is 99.6 Å². The van der Waals surface area contributed by atoms with Crippen molar-refractivity contribution in [2.24, 2.45) is 16.7 Å². The van der Waals surface area contributed by atoms with Gasteiger partial charge >= 0.3 is 5.97 Å². The van der Waals surface area contributed by atoms with Gasteiger partial charge in [-0.3, -0.25) is 14.4 Å². The molecule has 1 aliphatic rings. The van der Waals surface area contributed by atoms with Crippen molar-refractivity contribution >= 4 is 17.8 Å². The number of aliphatic carboxylic acids is 1. The number of hydrogen-bond acceptors (Lipinski definition) is 3. The summed E-state index contributed by atoms with van der Waals surface area (Å²) in [4.78, 5) is 38.9. The van der Waals surface area contributed by atoms with Gasteiger partial charge in [-0.05, 0) is 72.3 Å². The Balaban J connectivity index is 1.44. The molecule has 2 amide bonds. The van der Waals surface area contributed by atoms with E-state index < -0.39 is 22.8 Å². The van der Waals surface area contributed by atoms with Crippen molar-refractivity contribution in [2.45, 2.75) is 72.4 Å². The van der Waals surface area contributed by atoms with E-state index in [0.29, 0.717) is 12.8 Å². The lowest BCUT2D eigenvalue weighted by Gasteiger charge is -2.33. The van der Waals surface area contributed by atoms with Crippen LogP contribution in [0.15, 0.2) is 78.9 Å². The predicted molar refractivity (Wildman–Crippen MR) is 162 cm³/mol. The molecular weight excluding hydrogens is 512 g/mol. The van der Waals surface area contributed by atoms with E-state index in [4.69, 9.17) is 0 Å². The molecule has 2 unspecified atom stereocenters. The molecule has 1 fully saturated rings. The molecule has 0 aliphatic heterocycles. The van der Waals surface area contributed by atoms with E-state index in [0.717, 1.165) is 12.0 Å². The van der Waals surface area contributed by atoms with Crippen molar-refractivity contribution in [3.8, 4) is 11.1 Å². The number of rotatable bonds is 11. The minimum atomic E-state index is -1.00. The summed E-state index contributed by atoms with van der Waals surface area (Å²) >= 11 is 0. The van der Waals surface area contributed by atoms with E-state index in [-0.39, 0.29) is 30.2 Å². The van der Waals surface area contributed by atoms with Crippen LogP contribution in [0.3, 0.4) is 0 Å². The molecule has 0 spiro atoms. The number of carboxylic acids is 1. The number of carboxylic acid groups (broad SMARTS) is 1. The molecule has 216 valence electrons. The molecule has 1 aliphatic carbocycles. The molecule has 0 heterocycles. The first kappa shape index (κ1) is 30.0. The molecule has 0 aromatic heterocycles. The van der Waals surface area contributed by atoms with Crippen LogP contribution in [0.5, 0.6) is 0 Å². The zero-order valence-electron chi connectivity index (χ0n) is 24.7. The van der Waals surface area contributed by atoms with Crippen molar-refractivity contribution in [2.75, 3.05) is 0 Å². The summed E-state index contributed by atoms with van der Waals surface area (Å²) in [5.41, 5.74) is 4.11. The fourth-order valence-electron chi connectivity index (χ4n) is 5.84. The van der Waals surface area contributed by atoms with Crippen LogP contribution in [0, 0.1) is 23.7 Å². The van der Waals surface area contributed by atoms with Gasteiger partial charge in [0.15, 0.2) is 0 Å². The van der Waals surface area contributed by atoms with Crippen LogP contribution in [0.4, 0.5) is 0 Å². The SMILES string of the molecule is Cc1cc(CCC2CC2(CC(=O)O)C(=O)N[C@H](C(=O)N[C@H](C)c2ccccc2)C(C)(C)C)ccc1-c1ccccc1. The summed E-state index contributed by atoms with van der Waals surface area (Å²) in [7, 11) is 0. The zero-order valence-corrected chi connectivity index (χ0v) is 24.7. The largest absolute Gasteiger partial charge is 0.481 e. The first-order valence-electron chi connectivity index (χ1n) is 14.4. The molecule has 0 bridgehead atoms. The number of amides is 2. The van der Waals surface area contributed by atoms with Crippen molar-refractivity contribution in [1.82, 2.24) is 10.6 Å². The van der Waals surface area contributed by atoms with Crippen LogP contribution in [0.2, 0.25) is 0 Å². The summed E-state index contributed by atoms with van der Waals surface area (Å²) in [5.74, 6) is -1.68. The van der Waals surface area contributed by atoms with Crippen LogP contribution in [0.25, 0.3) is 11.1 Å². The third kappa shape index (κ3) is 7.24. The zero-order chi connectivity index (χ0) is 29.8. The number of aryl methyl sites for hydroxylation is 2. The van der Waals surface area contributed by atoms with E-state index in [9.17, 15) is 19.5 Å². The summed E-state index contributed by atoms with van der Waals surface area (Å²) < 4.78 is 0. The molecule has 0 radical (unpaired) electrons. The Morgan fingerprint density at radius 3 is 2.17 bits per heavy atom. The Morgan fingerprint density at radius 1 is 0.951 bits per heavy atom. The molecule has 6 nitrogen and oxygen atoms in total. The standard InChI is InChI=1S/C35H42N2O4/c1-23-20-25(17-19-29(23)27-14-10-7-11-15-27)16-18-28-21-35(28,22-30(38)39)33(41)37-31(34(3,4)5)32(40)36-24(2)26-12-8-6-9-13-26/h6-15,17,19-20,24,28,31H,16,18,21-22H2,1-5H3,(H,36,40)(H,37,41)(H,38,39)/t24-,28?,31-,35?/m1/s1. The first-order chi connectivity index (χ1) is 19.4. The molecule has 4 rings (SSSR count). The monoisotopic (exact) mass is 554 g/mol. The lowest BCUT2D eigenvalue weighted by molar-refractivity contribution is -0.143. The Hall–Kier alpha value is -3.93. The molecule has 6 heteroatoms. The first-order valence-corrected chi connectivity index (χ1v) is 14.4. The topological polar surface area (TPSA) is 95.5 Å². The highest BCUT2D eigenvalue weighted by Gasteiger charge is 2.61. The minimum absolute atomic E-state index is 0.0559. The third-order valence-corrected chi connectivity index (χ3v) is 8.37. The Labute approximate surface area is 243 Å². The normalized spacial score (nSPS) is 19.6. The second-order valence-electron chi connectivity index (χ2n) is 12.6. The van der Waals surface area contributed by atoms with Gasteiger partial charge in [0.05, 0.1) is 17.9 Å². The molecule has 41 heavy (non-hydrogen) atoms. The van der Waals surface area contributed by atoms with E-state index in [1.165, 1.54) is 22.3 Å². The summed E-state index contributed by atoms with van der Waals surface area (Å²) in [6.45, 7) is 9.72. The van der Waals surface area contributed by atoms with Crippen LogP contribution >= 0.6 is 0 Å². The highest BCUT2D eigenvalue weighted by Crippen LogP contribution is 2.58. The van der Waals surface area contributed by atoms with Crippen LogP contribution < -0.4 is 10.6 Å². The van der Waals surface area contributed by atoms with Gasteiger partial charge in [0.25, 0.3) is 0 Å². The van der Waals surface area contributed by atoms with Crippen LogP contribution in [-0.2, 0) is 20.8 Å². The second kappa shape index (κ2) is 12.3. The number of benzene rings is 3. The summed E-state index contributed by atoms with van der Waals surface area (Å²) in [6.07, 6.45) is 1.73. The number of carbonyl (C=O) groups excluding carboxylic acids is 2. The minimum Gasteiger partial charge on any atom is -0.481 e. The Kier molecular flexibility index (Phi) is 9.01. The van der Waals surface area contributed by atoms with Crippen molar-refractivity contribution in [1.29, 1.82) is 0 Å². The van der Waals surface area contributed by atoms with Crippen LogP contribution in [0.1, 0.15) is 69.7 Å². The Bertz CT molecular complexity index is 1380. The summed E-state index contributed by atoms with van der Waals surface area (Å²) in [5, 5.41) is 15.7. The van der Waals surface area contributed by atoms with E-state index >= 15 is 0 Å². The molecule has 3 N–H and O–H groups in total.